The topological polar surface area (TPSA) is 68.8 Å². The maximum atomic E-state index is 9.27. The summed E-state index contributed by atoms with van der Waals surface area (Å²) in [6.07, 6.45) is 4.86. The summed E-state index contributed by atoms with van der Waals surface area (Å²) >= 11 is 0. The van der Waals surface area contributed by atoms with Crippen molar-refractivity contribution in [3.63, 3.8) is 0 Å². The van der Waals surface area contributed by atoms with E-state index in [1.165, 1.54) is 0 Å². The predicted molar refractivity (Wildman–Crippen MR) is 53.0 cm³/mol. The van der Waals surface area contributed by atoms with Gasteiger partial charge in [-0.15, -0.1) is 5.10 Å². The van der Waals surface area contributed by atoms with Crippen molar-refractivity contribution in [1.29, 1.82) is 0 Å². The van der Waals surface area contributed by atoms with Crippen LogP contribution in [0.3, 0.4) is 0 Å². The number of rotatable bonds is 3. The molecule has 6 nitrogen and oxygen atoms in total. The molecule has 0 bridgehead atoms. The zero-order chi connectivity index (χ0) is 10.8. The quantitative estimate of drug-likeness (QED) is 0.775. The molecule has 1 N–H and O–H groups in total. The molecule has 0 aliphatic carbocycles. The summed E-state index contributed by atoms with van der Waals surface area (Å²) in [7, 11) is 1.87. The normalized spacial score (nSPS) is 13.0. The molecule has 1 unspecified atom stereocenters. The fourth-order valence-electron chi connectivity index (χ4n) is 1.32. The van der Waals surface area contributed by atoms with Crippen LogP contribution in [0, 0.1) is 0 Å². The fourth-order valence-corrected chi connectivity index (χ4v) is 1.32. The van der Waals surface area contributed by atoms with Crippen molar-refractivity contribution in [2.24, 2.45) is 7.05 Å². The zero-order valence-corrected chi connectivity index (χ0v) is 8.70. The second-order valence-corrected chi connectivity index (χ2v) is 3.54. The maximum Gasteiger partial charge on any atom is 0.111 e. The van der Waals surface area contributed by atoms with Gasteiger partial charge < -0.3 is 5.11 Å². The van der Waals surface area contributed by atoms with Gasteiger partial charge in [0.1, 0.15) is 5.69 Å². The second kappa shape index (κ2) is 3.82. The number of aliphatic hydroxyl groups excluding tert-OH is 1. The molecule has 0 aliphatic heterocycles. The van der Waals surface area contributed by atoms with Gasteiger partial charge in [0.25, 0.3) is 0 Å². The lowest BCUT2D eigenvalue weighted by molar-refractivity contribution is 0.194. The van der Waals surface area contributed by atoms with Crippen LogP contribution in [0.1, 0.15) is 24.3 Å². The minimum Gasteiger partial charge on any atom is -0.387 e. The molecule has 1 atom stereocenters. The number of hydrogen-bond acceptors (Lipinski definition) is 4. The van der Waals surface area contributed by atoms with Gasteiger partial charge in [-0.1, -0.05) is 5.21 Å². The lowest BCUT2D eigenvalue weighted by atomic mass is 10.3. The van der Waals surface area contributed by atoms with Gasteiger partial charge in [0.15, 0.2) is 0 Å². The third-order valence-electron chi connectivity index (χ3n) is 2.09. The van der Waals surface area contributed by atoms with Gasteiger partial charge in [0.2, 0.25) is 0 Å². The van der Waals surface area contributed by atoms with Crippen LogP contribution in [0.4, 0.5) is 0 Å². The van der Waals surface area contributed by atoms with E-state index in [0.717, 1.165) is 5.56 Å². The van der Waals surface area contributed by atoms with Gasteiger partial charge in [0, 0.05) is 18.8 Å². The second-order valence-electron chi connectivity index (χ2n) is 3.54. The van der Waals surface area contributed by atoms with E-state index in [9.17, 15) is 5.11 Å². The van der Waals surface area contributed by atoms with Crippen LogP contribution < -0.4 is 0 Å². The Morgan fingerprint density at radius 3 is 2.80 bits per heavy atom. The molecule has 6 heteroatoms. The molecule has 0 aromatic carbocycles. The Bertz CT molecular complexity index is 445. The average molecular weight is 207 g/mol. The molecular formula is C9H13N5O. The monoisotopic (exact) mass is 207 g/mol. The van der Waals surface area contributed by atoms with Gasteiger partial charge in [0.05, 0.1) is 25.0 Å². The molecule has 0 fully saturated rings. The number of nitrogens with zero attached hydrogens (tertiary/aromatic N) is 5. The molecule has 0 spiro atoms. The summed E-state index contributed by atoms with van der Waals surface area (Å²) in [4.78, 5) is 0. The van der Waals surface area contributed by atoms with E-state index >= 15 is 0 Å². The van der Waals surface area contributed by atoms with Crippen LogP contribution >= 0.6 is 0 Å². The molecule has 2 heterocycles. The molecule has 0 saturated heterocycles. The van der Waals surface area contributed by atoms with Crippen LogP contribution in [-0.4, -0.2) is 29.9 Å². The van der Waals surface area contributed by atoms with Crippen molar-refractivity contribution < 1.29 is 5.11 Å². The van der Waals surface area contributed by atoms with E-state index in [2.05, 4.69) is 15.4 Å². The minimum atomic E-state index is -0.576. The van der Waals surface area contributed by atoms with Crippen LogP contribution in [0.5, 0.6) is 0 Å². The maximum absolute atomic E-state index is 9.27. The highest BCUT2D eigenvalue weighted by molar-refractivity contribution is 5.05. The summed E-state index contributed by atoms with van der Waals surface area (Å²) in [6, 6.07) is 0. The number of aliphatic hydroxyl groups is 1. The molecule has 0 amide bonds. The smallest absolute Gasteiger partial charge is 0.111 e. The first-order chi connectivity index (χ1) is 7.15. The summed E-state index contributed by atoms with van der Waals surface area (Å²) in [5, 5.41) is 21.1. The molecule has 80 valence electrons. The highest BCUT2D eigenvalue weighted by Crippen LogP contribution is 2.07. The third-order valence-corrected chi connectivity index (χ3v) is 2.09. The number of aryl methyl sites for hydroxylation is 1. The van der Waals surface area contributed by atoms with E-state index in [-0.39, 0.29) is 0 Å². The number of aromatic nitrogens is 5. The van der Waals surface area contributed by atoms with Crippen LogP contribution in [0.15, 0.2) is 18.6 Å². The zero-order valence-electron chi connectivity index (χ0n) is 8.70. The Labute approximate surface area is 87.1 Å². The summed E-state index contributed by atoms with van der Waals surface area (Å²) in [6.45, 7) is 2.28. The van der Waals surface area contributed by atoms with E-state index in [4.69, 9.17) is 0 Å². The largest absolute Gasteiger partial charge is 0.387 e. The van der Waals surface area contributed by atoms with Gasteiger partial charge in [-0.05, 0) is 6.92 Å². The number of hydrogen-bond donors (Lipinski definition) is 1. The highest BCUT2D eigenvalue weighted by atomic mass is 16.3. The fraction of sp³-hybridized carbons (Fsp3) is 0.444. The average Bonchev–Trinajstić information content (AvgIpc) is 2.76. The van der Waals surface area contributed by atoms with E-state index in [0.29, 0.717) is 12.2 Å². The lowest BCUT2D eigenvalue weighted by Gasteiger charge is -1.96. The molecule has 0 aliphatic rings. The third kappa shape index (κ3) is 2.21. The highest BCUT2D eigenvalue weighted by Gasteiger charge is 2.06. The Morgan fingerprint density at radius 1 is 1.47 bits per heavy atom. The molecule has 2 aromatic heterocycles. The van der Waals surface area contributed by atoms with E-state index in [1.807, 2.05) is 13.2 Å². The Hall–Kier alpha value is -1.69. The van der Waals surface area contributed by atoms with Gasteiger partial charge >= 0.3 is 0 Å². The Balaban J connectivity index is 2.11. The standard InChI is InChI=1S/C9H13N5O/c1-7(15)9-6-14(12-11-9)5-8-3-10-13(2)4-8/h3-4,6-7,15H,5H2,1-2H3. The van der Waals surface area contributed by atoms with Crippen molar-refractivity contribution in [2.75, 3.05) is 0 Å². The lowest BCUT2D eigenvalue weighted by Crippen LogP contribution is -1.99. The van der Waals surface area contributed by atoms with Crippen molar-refractivity contribution in [2.45, 2.75) is 19.6 Å². The summed E-state index contributed by atoms with van der Waals surface area (Å²) in [5.41, 5.74) is 1.64. The molecule has 15 heavy (non-hydrogen) atoms. The van der Waals surface area contributed by atoms with E-state index < -0.39 is 6.10 Å². The van der Waals surface area contributed by atoms with Crippen LogP contribution in [0.2, 0.25) is 0 Å². The molecule has 0 saturated carbocycles. The first-order valence-corrected chi connectivity index (χ1v) is 4.71. The predicted octanol–water partition coefficient (Wildman–Crippen LogP) is 0.113. The van der Waals surface area contributed by atoms with Crippen molar-refractivity contribution >= 4 is 0 Å². The van der Waals surface area contributed by atoms with Crippen LogP contribution in [0.25, 0.3) is 0 Å². The summed E-state index contributed by atoms with van der Waals surface area (Å²) in [5.74, 6) is 0. The summed E-state index contributed by atoms with van der Waals surface area (Å²) < 4.78 is 3.42. The van der Waals surface area contributed by atoms with Crippen LogP contribution in [-0.2, 0) is 13.6 Å². The Kier molecular flexibility index (Phi) is 2.51. The molecule has 2 aromatic rings. The van der Waals surface area contributed by atoms with E-state index in [1.54, 1.807) is 28.7 Å². The molecule has 0 radical (unpaired) electrons. The first-order valence-electron chi connectivity index (χ1n) is 4.71. The van der Waals surface area contributed by atoms with Crippen molar-refractivity contribution in [3.8, 4) is 0 Å². The SMILES string of the molecule is CC(O)c1cn(Cc2cnn(C)c2)nn1. The minimum absolute atomic E-state index is 0.576. The Morgan fingerprint density at radius 2 is 2.27 bits per heavy atom. The van der Waals surface area contributed by atoms with Crippen molar-refractivity contribution in [3.05, 3.63) is 29.8 Å². The molecule has 2 rings (SSSR count). The van der Waals surface area contributed by atoms with Gasteiger partial charge in [-0.2, -0.15) is 5.10 Å². The van der Waals surface area contributed by atoms with Gasteiger partial charge in [-0.3, -0.25) is 4.68 Å². The van der Waals surface area contributed by atoms with Gasteiger partial charge in [-0.25, -0.2) is 4.68 Å². The first kappa shape index (κ1) is 9.85. The van der Waals surface area contributed by atoms with Crippen molar-refractivity contribution in [1.82, 2.24) is 24.8 Å². The molecular weight excluding hydrogens is 194 g/mol.